The van der Waals surface area contributed by atoms with E-state index in [1.54, 1.807) is 0 Å². The van der Waals surface area contributed by atoms with Crippen molar-refractivity contribution >= 4 is 11.8 Å². The van der Waals surface area contributed by atoms with Gasteiger partial charge in [-0.3, -0.25) is 0 Å². The van der Waals surface area contributed by atoms with Gasteiger partial charge >= 0.3 is 0 Å². The van der Waals surface area contributed by atoms with Crippen LogP contribution in [0.1, 0.15) is 19.2 Å². The van der Waals surface area contributed by atoms with Crippen LogP contribution in [0.15, 0.2) is 12.4 Å². The van der Waals surface area contributed by atoms with Gasteiger partial charge in [0.05, 0.1) is 6.54 Å². The molecule has 1 aromatic rings. The molecule has 0 aliphatic carbocycles. The van der Waals surface area contributed by atoms with Crippen molar-refractivity contribution in [1.82, 2.24) is 14.9 Å². The van der Waals surface area contributed by atoms with Crippen LogP contribution in [-0.4, -0.2) is 28.1 Å². The minimum atomic E-state index is 0.883. The Kier molecular flexibility index (Phi) is 5.71. The van der Waals surface area contributed by atoms with Crippen LogP contribution in [0.3, 0.4) is 0 Å². The highest BCUT2D eigenvalue weighted by Gasteiger charge is 2.00. The van der Waals surface area contributed by atoms with Crippen molar-refractivity contribution in [1.29, 1.82) is 0 Å². The van der Waals surface area contributed by atoms with Gasteiger partial charge in [-0.25, -0.2) is 4.98 Å². The molecule has 0 fully saturated rings. The van der Waals surface area contributed by atoms with Crippen molar-refractivity contribution in [2.45, 2.75) is 26.4 Å². The largest absolute Gasteiger partial charge is 0.334 e. The predicted octanol–water partition coefficient (Wildman–Crippen LogP) is 1.75. The minimum absolute atomic E-state index is 0.883. The van der Waals surface area contributed by atoms with Crippen molar-refractivity contribution in [3.05, 3.63) is 18.2 Å². The molecule has 1 N–H and O–H groups in total. The van der Waals surface area contributed by atoms with Crippen LogP contribution in [0.4, 0.5) is 0 Å². The third-order valence-corrected chi connectivity index (χ3v) is 2.64. The first kappa shape index (κ1) is 11.6. The number of hydrogen-bond donors (Lipinski definition) is 1. The van der Waals surface area contributed by atoms with Crippen LogP contribution in [0.5, 0.6) is 0 Å². The average Bonchev–Trinajstić information content (AvgIpc) is 2.61. The van der Waals surface area contributed by atoms with Crippen LogP contribution in [0, 0.1) is 0 Å². The predicted molar refractivity (Wildman–Crippen MR) is 62.6 cm³/mol. The van der Waals surface area contributed by atoms with Crippen molar-refractivity contribution in [2.75, 3.05) is 18.6 Å². The van der Waals surface area contributed by atoms with Gasteiger partial charge in [0.1, 0.15) is 5.82 Å². The maximum atomic E-state index is 4.33. The third-order valence-electron chi connectivity index (χ3n) is 2.03. The molecule has 1 rings (SSSR count). The standard InChI is InChI=1S/C10H19N3S/c1-3-6-13-7-4-12-10(13)9-11-5-8-14-2/h4,7,11H,3,5-6,8-9H2,1-2H3. The van der Waals surface area contributed by atoms with Gasteiger partial charge in [-0.1, -0.05) is 6.92 Å². The maximum Gasteiger partial charge on any atom is 0.122 e. The number of nitrogens with zero attached hydrogens (tertiary/aromatic N) is 2. The molecule has 0 aliphatic rings. The van der Waals surface area contributed by atoms with E-state index in [0.29, 0.717) is 0 Å². The second-order valence-electron chi connectivity index (χ2n) is 3.21. The van der Waals surface area contributed by atoms with Gasteiger partial charge in [-0.05, 0) is 12.7 Å². The molecule has 0 aromatic carbocycles. The lowest BCUT2D eigenvalue weighted by molar-refractivity contribution is 0.600. The number of aryl methyl sites for hydroxylation is 1. The molecule has 1 heterocycles. The van der Waals surface area contributed by atoms with Gasteiger partial charge in [0, 0.05) is 31.2 Å². The number of hydrogen-bond acceptors (Lipinski definition) is 3. The molecule has 14 heavy (non-hydrogen) atoms. The number of rotatable bonds is 7. The SMILES string of the molecule is CCCn1ccnc1CNCCSC. The number of imidazole rings is 1. The first-order valence-corrected chi connectivity index (χ1v) is 6.47. The van der Waals surface area contributed by atoms with Gasteiger partial charge in [-0.2, -0.15) is 11.8 Å². The van der Waals surface area contributed by atoms with E-state index in [9.17, 15) is 0 Å². The average molecular weight is 213 g/mol. The Morgan fingerprint density at radius 2 is 2.43 bits per heavy atom. The molecule has 0 atom stereocenters. The van der Waals surface area contributed by atoms with Crippen LogP contribution in [0.25, 0.3) is 0 Å². The fourth-order valence-electron chi connectivity index (χ4n) is 1.33. The lowest BCUT2D eigenvalue weighted by Crippen LogP contribution is -2.19. The molecule has 4 heteroatoms. The van der Waals surface area contributed by atoms with Crippen molar-refractivity contribution in [3.8, 4) is 0 Å². The van der Waals surface area contributed by atoms with Gasteiger partial charge in [0.15, 0.2) is 0 Å². The topological polar surface area (TPSA) is 29.9 Å². The Hall–Kier alpha value is -0.480. The van der Waals surface area contributed by atoms with Crippen molar-refractivity contribution < 1.29 is 0 Å². The molecular weight excluding hydrogens is 194 g/mol. The maximum absolute atomic E-state index is 4.33. The summed E-state index contributed by atoms with van der Waals surface area (Å²) < 4.78 is 2.21. The summed E-state index contributed by atoms with van der Waals surface area (Å²) >= 11 is 1.86. The van der Waals surface area contributed by atoms with Crippen LogP contribution >= 0.6 is 11.8 Å². The smallest absolute Gasteiger partial charge is 0.122 e. The summed E-state index contributed by atoms with van der Waals surface area (Å²) in [6, 6.07) is 0. The molecule has 0 spiro atoms. The van der Waals surface area contributed by atoms with E-state index in [1.165, 1.54) is 0 Å². The summed E-state index contributed by atoms with van der Waals surface area (Å²) in [4.78, 5) is 4.33. The van der Waals surface area contributed by atoms with Crippen LogP contribution in [0.2, 0.25) is 0 Å². The monoisotopic (exact) mass is 213 g/mol. The summed E-state index contributed by atoms with van der Waals surface area (Å²) in [5.41, 5.74) is 0. The highest BCUT2D eigenvalue weighted by Crippen LogP contribution is 1.99. The zero-order chi connectivity index (χ0) is 10.2. The van der Waals surface area contributed by atoms with Gasteiger partial charge in [-0.15, -0.1) is 0 Å². The molecule has 0 unspecified atom stereocenters. The summed E-state index contributed by atoms with van der Waals surface area (Å²) in [5, 5.41) is 3.38. The number of nitrogens with one attached hydrogen (secondary N) is 1. The molecule has 3 nitrogen and oxygen atoms in total. The molecule has 0 amide bonds. The number of aromatic nitrogens is 2. The molecule has 0 saturated carbocycles. The van der Waals surface area contributed by atoms with E-state index in [1.807, 2.05) is 18.0 Å². The van der Waals surface area contributed by atoms with E-state index in [0.717, 1.165) is 37.6 Å². The zero-order valence-corrected chi connectivity index (χ0v) is 9.81. The summed E-state index contributed by atoms with van der Waals surface area (Å²) in [6.07, 6.45) is 7.21. The quantitative estimate of drug-likeness (QED) is 0.700. The first-order chi connectivity index (χ1) is 6.88. The molecule has 0 saturated heterocycles. The van der Waals surface area contributed by atoms with E-state index in [2.05, 4.69) is 34.2 Å². The normalized spacial score (nSPS) is 10.7. The Morgan fingerprint density at radius 1 is 1.57 bits per heavy atom. The van der Waals surface area contributed by atoms with E-state index in [-0.39, 0.29) is 0 Å². The Morgan fingerprint density at radius 3 is 3.14 bits per heavy atom. The molecular formula is C10H19N3S. The summed E-state index contributed by atoms with van der Waals surface area (Å²) in [5.74, 6) is 2.31. The fraction of sp³-hybridized carbons (Fsp3) is 0.700. The molecule has 0 bridgehead atoms. The van der Waals surface area contributed by atoms with Gasteiger partial charge < -0.3 is 9.88 Å². The zero-order valence-electron chi connectivity index (χ0n) is 8.99. The Balaban J connectivity index is 2.30. The summed E-state index contributed by atoms with van der Waals surface area (Å²) in [7, 11) is 0. The highest BCUT2D eigenvalue weighted by molar-refractivity contribution is 7.98. The fourth-order valence-corrected chi connectivity index (χ4v) is 1.67. The van der Waals surface area contributed by atoms with E-state index >= 15 is 0 Å². The minimum Gasteiger partial charge on any atom is -0.334 e. The van der Waals surface area contributed by atoms with Crippen LogP contribution < -0.4 is 5.32 Å². The Labute approximate surface area is 90.3 Å². The van der Waals surface area contributed by atoms with Crippen LogP contribution in [-0.2, 0) is 13.1 Å². The molecule has 0 aliphatic heterocycles. The van der Waals surface area contributed by atoms with Gasteiger partial charge in [0.2, 0.25) is 0 Å². The highest BCUT2D eigenvalue weighted by atomic mass is 32.2. The lowest BCUT2D eigenvalue weighted by Gasteiger charge is -2.06. The Bertz CT molecular complexity index is 247. The van der Waals surface area contributed by atoms with Crippen molar-refractivity contribution in [3.63, 3.8) is 0 Å². The van der Waals surface area contributed by atoms with Gasteiger partial charge in [0.25, 0.3) is 0 Å². The third kappa shape index (κ3) is 3.72. The second-order valence-corrected chi connectivity index (χ2v) is 4.19. The molecule has 0 radical (unpaired) electrons. The number of thioether (sulfide) groups is 1. The van der Waals surface area contributed by atoms with E-state index < -0.39 is 0 Å². The van der Waals surface area contributed by atoms with E-state index in [4.69, 9.17) is 0 Å². The first-order valence-electron chi connectivity index (χ1n) is 5.08. The summed E-state index contributed by atoms with van der Waals surface area (Å²) in [6.45, 7) is 5.19. The van der Waals surface area contributed by atoms with Crippen molar-refractivity contribution in [2.24, 2.45) is 0 Å². The molecule has 80 valence electrons. The molecule has 1 aromatic heterocycles. The second kappa shape index (κ2) is 6.90. The lowest BCUT2D eigenvalue weighted by atomic mass is 10.4.